The highest BCUT2D eigenvalue weighted by molar-refractivity contribution is 5.36. The van der Waals surface area contributed by atoms with Gasteiger partial charge < -0.3 is 9.64 Å². The van der Waals surface area contributed by atoms with Crippen molar-refractivity contribution in [2.24, 2.45) is 5.41 Å². The van der Waals surface area contributed by atoms with Gasteiger partial charge >= 0.3 is 0 Å². The van der Waals surface area contributed by atoms with Crippen LogP contribution in [0.5, 0.6) is 0 Å². The van der Waals surface area contributed by atoms with Gasteiger partial charge in [0.25, 0.3) is 6.47 Å². The van der Waals surface area contributed by atoms with Crippen LogP contribution < -0.4 is 0 Å². The van der Waals surface area contributed by atoms with Crippen molar-refractivity contribution < 1.29 is 9.53 Å². The van der Waals surface area contributed by atoms with Crippen molar-refractivity contribution in [1.29, 1.82) is 0 Å². The molecule has 0 N–H and O–H groups in total. The first kappa shape index (κ1) is 15.5. The molecule has 1 aliphatic carbocycles. The van der Waals surface area contributed by atoms with E-state index in [1.807, 2.05) is 0 Å². The molecule has 0 saturated carbocycles. The van der Waals surface area contributed by atoms with Crippen LogP contribution in [-0.4, -0.2) is 31.1 Å². The van der Waals surface area contributed by atoms with Crippen LogP contribution >= 0.6 is 0 Å². The zero-order chi connectivity index (χ0) is 14.0. The average Bonchev–Trinajstić information content (AvgIpc) is 2.42. The summed E-state index contributed by atoms with van der Waals surface area (Å²) in [4.78, 5) is 11.6. The number of hydrogen-bond donors (Lipinski definition) is 0. The quantitative estimate of drug-likeness (QED) is 0.729. The Balaban J connectivity index is 0.000000312. The van der Waals surface area contributed by atoms with Gasteiger partial charge in [-0.15, -0.1) is 0 Å². The minimum absolute atomic E-state index is 0.344. The third-order valence-corrected chi connectivity index (χ3v) is 3.26. The standard InChI is InChI=1S/C13H19N.C3H6O2/c1-13(8-4-2-5-9-13)12-14-10-6-3-7-11-14;1-2-5-3-4/h2,4-6,8,10H,3,7,9,11-12H2,1H3;3H,2H2,1H3. The van der Waals surface area contributed by atoms with E-state index in [2.05, 4.69) is 53.1 Å². The van der Waals surface area contributed by atoms with E-state index < -0.39 is 0 Å². The molecule has 1 atom stereocenters. The third-order valence-electron chi connectivity index (χ3n) is 3.26. The lowest BCUT2D eigenvalue weighted by Gasteiger charge is -2.34. The molecule has 0 aromatic heterocycles. The van der Waals surface area contributed by atoms with Crippen LogP contribution in [0.3, 0.4) is 0 Å². The van der Waals surface area contributed by atoms with E-state index in [9.17, 15) is 4.79 Å². The van der Waals surface area contributed by atoms with Crippen LogP contribution in [0.4, 0.5) is 0 Å². The number of ether oxygens (including phenoxy) is 1. The molecule has 0 aromatic carbocycles. The smallest absolute Gasteiger partial charge is 0.293 e. The second kappa shape index (κ2) is 8.57. The van der Waals surface area contributed by atoms with Gasteiger partial charge in [0.15, 0.2) is 0 Å². The largest absolute Gasteiger partial charge is 0.468 e. The minimum Gasteiger partial charge on any atom is -0.468 e. The van der Waals surface area contributed by atoms with Crippen LogP contribution in [0.1, 0.15) is 33.1 Å². The molecule has 1 unspecified atom stereocenters. The second-order valence-corrected chi connectivity index (χ2v) is 5.19. The van der Waals surface area contributed by atoms with Gasteiger partial charge in [0.1, 0.15) is 0 Å². The minimum atomic E-state index is 0.344. The van der Waals surface area contributed by atoms with Crippen molar-refractivity contribution in [3.8, 4) is 0 Å². The Labute approximate surface area is 116 Å². The molecule has 106 valence electrons. The Morgan fingerprint density at radius 2 is 2.21 bits per heavy atom. The Bertz CT molecular complexity index is 347. The van der Waals surface area contributed by atoms with Gasteiger partial charge in [-0.05, 0) is 32.4 Å². The lowest BCUT2D eigenvalue weighted by molar-refractivity contribution is -0.128. The fourth-order valence-corrected chi connectivity index (χ4v) is 2.26. The molecule has 3 heteroatoms. The molecule has 0 saturated heterocycles. The van der Waals surface area contributed by atoms with E-state index in [-0.39, 0.29) is 0 Å². The molecule has 3 nitrogen and oxygen atoms in total. The summed E-state index contributed by atoms with van der Waals surface area (Å²) < 4.78 is 4.15. The molecule has 19 heavy (non-hydrogen) atoms. The van der Waals surface area contributed by atoms with Crippen LogP contribution in [0.2, 0.25) is 0 Å². The summed E-state index contributed by atoms with van der Waals surface area (Å²) in [5.74, 6) is 0. The van der Waals surface area contributed by atoms with Gasteiger partial charge in [-0.1, -0.05) is 37.3 Å². The van der Waals surface area contributed by atoms with E-state index >= 15 is 0 Å². The topological polar surface area (TPSA) is 29.5 Å². The monoisotopic (exact) mass is 263 g/mol. The molecule has 0 fully saturated rings. The maximum atomic E-state index is 9.18. The molecule has 1 heterocycles. The summed E-state index contributed by atoms with van der Waals surface area (Å²) in [6.45, 7) is 7.39. The molecule has 2 aliphatic rings. The van der Waals surface area contributed by atoms with E-state index in [4.69, 9.17) is 0 Å². The number of rotatable bonds is 4. The van der Waals surface area contributed by atoms with Crippen LogP contribution in [0.25, 0.3) is 0 Å². The maximum Gasteiger partial charge on any atom is 0.293 e. The SMILES string of the molecule is CC1(CN2C=CCCC2)C=CC=CC1.CCOC=O. The Hall–Kier alpha value is -1.51. The highest BCUT2D eigenvalue weighted by Gasteiger charge is 2.23. The fourth-order valence-electron chi connectivity index (χ4n) is 2.26. The van der Waals surface area contributed by atoms with Gasteiger partial charge in [-0.25, -0.2) is 0 Å². The van der Waals surface area contributed by atoms with Crippen molar-refractivity contribution in [3.05, 3.63) is 36.6 Å². The molecule has 0 spiro atoms. The normalized spacial score (nSPS) is 24.6. The molecule has 0 amide bonds. The lowest BCUT2D eigenvalue weighted by Crippen LogP contribution is -2.33. The number of hydrogen-bond acceptors (Lipinski definition) is 3. The number of allylic oxidation sites excluding steroid dienone is 4. The molecular weight excluding hydrogens is 238 g/mol. The molecule has 1 aliphatic heterocycles. The van der Waals surface area contributed by atoms with Crippen molar-refractivity contribution in [1.82, 2.24) is 4.90 Å². The summed E-state index contributed by atoms with van der Waals surface area (Å²) in [5.41, 5.74) is 0.344. The summed E-state index contributed by atoms with van der Waals surface area (Å²) >= 11 is 0. The summed E-state index contributed by atoms with van der Waals surface area (Å²) in [7, 11) is 0. The van der Waals surface area contributed by atoms with Gasteiger partial charge in [-0.3, -0.25) is 4.79 Å². The summed E-state index contributed by atoms with van der Waals surface area (Å²) in [5, 5.41) is 0. The van der Waals surface area contributed by atoms with Crippen LogP contribution in [0.15, 0.2) is 36.6 Å². The van der Waals surface area contributed by atoms with E-state index in [0.717, 1.165) is 6.54 Å². The van der Waals surface area contributed by atoms with Crippen LogP contribution in [-0.2, 0) is 9.53 Å². The molecule has 0 bridgehead atoms. The fraction of sp³-hybridized carbons (Fsp3) is 0.562. The molecule has 0 aromatic rings. The number of carbonyl (C=O) groups excluding carboxylic acids is 1. The van der Waals surface area contributed by atoms with Crippen molar-refractivity contribution in [2.45, 2.75) is 33.1 Å². The van der Waals surface area contributed by atoms with Gasteiger partial charge in [0, 0.05) is 18.5 Å². The van der Waals surface area contributed by atoms with Gasteiger partial charge in [0.05, 0.1) is 6.61 Å². The first-order valence-corrected chi connectivity index (χ1v) is 7.00. The molecule has 2 rings (SSSR count). The third kappa shape index (κ3) is 6.27. The first-order chi connectivity index (χ1) is 9.20. The number of nitrogens with zero attached hydrogens (tertiary/aromatic N) is 1. The average molecular weight is 263 g/mol. The first-order valence-electron chi connectivity index (χ1n) is 7.00. The van der Waals surface area contributed by atoms with Crippen molar-refractivity contribution >= 4 is 6.47 Å². The lowest BCUT2D eigenvalue weighted by atomic mass is 9.83. The predicted octanol–water partition coefficient (Wildman–Crippen LogP) is 3.30. The van der Waals surface area contributed by atoms with E-state index in [1.165, 1.54) is 25.8 Å². The Morgan fingerprint density at radius 3 is 2.68 bits per heavy atom. The van der Waals surface area contributed by atoms with Crippen LogP contribution in [0, 0.1) is 5.41 Å². The number of carbonyl (C=O) groups is 1. The molecular formula is C16H25NO2. The van der Waals surface area contributed by atoms with Crippen molar-refractivity contribution in [2.75, 3.05) is 19.7 Å². The van der Waals surface area contributed by atoms with E-state index in [1.54, 1.807) is 6.92 Å². The summed E-state index contributed by atoms with van der Waals surface area (Å²) in [6.07, 6.45) is 17.2. The predicted molar refractivity (Wildman–Crippen MR) is 78.6 cm³/mol. The zero-order valence-corrected chi connectivity index (χ0v) is 12.0. The maximum absolute atomic E-state index is 9.18. The van der Waals surface area contributed by atoms with E-state index in [0.29, 0.717) is 18.5 Å². The Kier molecular flexibility index (Phi) is 7.01. The second-order valence-electron chi connectivity index (χ2n) is 5.19. The molecule has 0 radical (unpaired) electrons. The highest BCUT2D eigenvalue weighted by Crippen LogP contribution is 2.28. The highest BCUT2D eigenvalue weighted by atomic mass is 16.5. The van der Waals surface area contributed by atoms with Gasteiger partial charge in [-0.2, -0.15) is 0 Å². The Morgan fingerprint density at radius 1 is 1.37 bits per heavy atom. The van der Waals surface area contributed by atoms with Gasteiger partial charge in [0.2, 0.25) is 0 Å². The van der Waals surface area contributed by atoms with Crippen molar-refractivity contribution in [3.63, 3.8) is 0 Å². The summed E-state index contributed by atoms with van der Waals surface area (Å²) in [6, 6.07) is 0. The zero-order valence-electron chi connectivity index (χ0n) is 12.0.